The summed E-state index contributed by atoms with van der Waals surface area (Å²) in [4.78, 5) is 12.4. The second-order valence-corrected chi connectivity index (χ2v) is 6.12. The van der Waals surface area contributed by atoms with Crippen LogP contribution in [0.2, 0.25) is 0 Å². The van der Waals surface area contributed by atoms with Crippen LogP contribution < -0.4 is 14.2 Å². The van der Waals surface area contributed by atoms with E-state index in [1.165, 1.54) is 7.11 Å². The first kappa shape index (κ1) is 16.8. The molecule has 0 aliphatic carbocycles. The molecule has 2 rings (SSSR count). The molecule has 0 aromatic heterocycles. The Hall–Kier alpha value is -1.53. The Bertz CT molecular complexity index is 686. The zero-order chi connectivity index (χ0) is 16.1. The Labute approximate surface area is 145 Å². The average molecular weight is 430 g/mol. The van der Waals surface area contributed by atoms with Crippen molar-refractivity contribution in [1.29, 1.82) is 0 Å². The summed E-state index contributed by atoms with van der Waals surface area (Å²) in [5.41, 5.74) is 0.426. The van der Waals surface area contributed by atoms with Crippen molar-refractivity contribution >= 4 is 37.6 Å². The fraction of sp³-hybridized carbons (Fsp3) is 0.188. The standard InChI is InChI=1S/C16H14Br2O4/c1-20-11-4-6-15(21-2)12(8-11)14(19)9-22-16-5-3-10(17)7-13(16)18/h3-8H,9H2,1-2H3. The molecule has 0 aliphatic heterocycles. The lowest BCUT2D eigenvalue weighted by Crippen LogP contribution is -2.13. The van der Waals surface area contributed by atoms with Crippen LogP contribution in [0.1, 0.15) is 10.4 Å². The quantitative estimate of drug-likeness (QED) is 0.634. The second kappa shape index (κ2) is 7.65. The van der Waals surface area contributed by atoms with E-state index in [9.17, 15) is 4.79 Å². The highest BCUT2D eigenvalue weighted by Crippen LogP contribution is 2.29. The predicted octanol–water partition coefficient (Wildman–Crippen LogP) is 4.49. The summed E-state index contributed by atoms with van der Waals surface area (Å²) >= 11 is 6.76. The van der Waals surface area contributed by atoms with Crippen LogP contribution in [0.5, 0.6) is 17.2 Å². The van der Waals surface area contributed by atoms with Crippen molar-refractivity contribution in [3.8, 4) is 17.2 Å². The zero-order valence-electron chi connectivity index (χ0n) is 12.1. The van der Waals surface area contributed by atoms with Gasteiger partial charge in [-0.3, -0.25) is 4.79 Å². The molecule has 0 amide bonds. The number of Topliss-reactive ketones (excluding diaryl/α,β-unsaturated/α-hetero) is 1. The van der Waals surface area contributed by atoms with Gasteiger partial charge in [-0.25, -0.2) is 0 Å². The van der Waals surface area contributed by atoms with Crippen LogP contribution in [0.4, 0.5) is 0 Å². The van der Waals surface area contributed by atoms with E-state index in [0.29, 0.717) is 22.8 Å². The van der Waals surface area contributed by atoms with Crippen LogP contribution in [0.25, 0.3) is 0 Å². The van der Waals surface area contributed by atoms with Crippen molar-refractivity contribution in [2.75, 3.05) is 20.8 Å². The van der Waals surface area contributed by atoms with E-state index >= 15 is 0 Å². The second-order valence-electron chi connectivity index (χ2n) is 4.35. The van der Waals surface area contributed by atoms with Gasteiger partial charge in [0.05, 0.1) is 24.3 Å². The number of hydrogen-bond acceptors (Lipinski definition) is 4. The van der Waals surface area contributed by atoms with Crippen LogP contribution in [-0.2, 0) is 0 Å². The molecule has 0 N–H and O–H groups in total. The lowest BCUT2D eigenvalue weighted by atomic mass is 10.1. The number of halogens is 2. The van der Waals surface area contributed by atoms with E-state index in [1.807, 2.05) is 12.1 Å². The van der Waals surface area contributed by atoms with Crippen LogP contribution >= 0.6 is 31.9 Å². The maximum atomic E-state index is 12.4. The molecule has 2 aromatic rings. The number of carbonyl (C=O) groups excluding carboxylic acids is 1. The normalized spacial score (nSPS) is 10.2. The molecule has 4 nitrogen and oxygen atoms in total. The highest BCUT2D eigenvalue weighted by molar-refractivity contribution is 9.11. The first-order chi connectivity index (χ1) is 10.5. The maximum Gasteiger partial charge on any atom is 0.204 e. The van der Waals surface area contributed by atoms with Crippen LogP contribution in [0.15, 0.2) is 45.3 Å². The molecular weight excluding hydrogens is 416 g/mol. The zero-order valence-corrected chi connectivity index (χ0v) is 15.2. The smallest absolute Gasteiger partial charge is 0.204 e. The maximum absolute atomic E-state index is 12.4. The van der Waals surface area contributed by atoms with Gasteiger partial charge in [0.1, 0.15) is 17.2 Å². The van der Waals surface area contributed by atoms with Gasteiger partial charge >= 0.3 is 0 Å². The fourth-order valence-electron chi connectivity index (χ4n) is 1.85. The lowest BCUT2D eigenvalue weighted by molar-refractivity contribution is 0.0917. The predicted molar refractivity (Wildman–Crippen MR) is 91.2 cm³/mol. The van der Waals surface area contributed by atoms with Gasteiger partial charge in [0.25, 0.3) is 0 Å². The van der Waals surface area contributed by atoms with E-state index in [0.717, 1.165) is 8.95 Å². The summed E-state index contributed by atoms with van der Waals surface area (Å²) in [6.45, 7) is -0.0935. The van der Waals surface area contributed by atoms with Gasteiger partial charge in [0.15, 0.2) is 6.61 Å². The number of benzene rings is 2. The molecule has 0 spiro atoms. The van der Waals surface area contributed by atoms with Crippen LogP contribution in [0.3, 0.4) is 0 Å². The Morgan fingerprint density at radius 1 is 1.00 bits per heavy atom. The number of hydrogen-bond donors (Lipinski definition) is 0. The highest BCUT2D eigenvalue weighted by Gasteiger charge is 2.15. The fourth-order valence-corrected chi connectivity index (χ4v) is 3.01. The molecular formula is C16H14Br2O4. The molecule has 0 unspecified atom stereocenters. The number of carbonyl (C=O) groups is 1. The molecule has 22 heavy (non-hydrogen) atoms. The third-order valence-corrected chi connectivity index (χ3v) is 4.07. The molecule has 0 saturated heterocycles. The van der Waals surface area contributed by atoms with Crippen molar-refractivity contribution < 1.29 is 19.0 Å². The van der Waals surface area contributed by atoms with Gasteiger partial charge in [0.2, 0.25) is 5.78 Å². The van der Waals surface area contributed by atoms with E-state index in [4.69, 9.17) is 14.2 Å². The van der Waals surface area contributed by atoms with Crippen LogP contribution in [0, 0.1) is 0 Å². The summed E-state index contributed by atoms with van der Waals surface area (Å²) < 4.78 is 17.6. The molecule has 2 aromatic carbocycles. The van der Waals surface area contributed by atoms with Gasteiger partial charge in [-0.1, -0.05) is 15.9 Å². The Morgan fingerprint density at radius 2 is 1.73 bits per heavy atom. The number of rotatable bonds is 6. The topological polar surface area (TPSA) is 44.8 Å². The van der Waals surface area contributed by atoms with Gasteiger partial charge in [-0.2, -0.15) is 0 Å². The molecule has 116 valence electrons. The Balaban J connectivity index is 2.15. The molecule has 0 bridgehead atoms. The first-order valence-corrected chi connectivity index (χ1v) is 7.97. The van der Waals surface area contributed by atoms with E-state index < -0.39 is 0 Å². The Morgan fingerprint density at radius 3 is 2.36 bits per heavy atom. The first-order valence-electron chi connectivity index (χ1n) is 6.38. The largest absolute Gasteiger partial charge is 0.497 e. The lowest BCUT2D eigenvalue weighted by Gasteiger charge is -2.11. The van der Waals surface area contributed by atoms with Gasteiger partial charge in [-0.05, 0) is 52.3 Å². The van der Waals surface area contributed by atoms with Crippen LogP contribution in [-0.4, -0.2) is 26.6 Å². The van der Waals surface area contributed by atoms with Gasteiger partial charge < -0.3 is 14.2 Å². The summed E-state index contributed by atoms with van der Waals surface area (Å²) in [5, 5.41) is 0. The highest BCUT2D eigenvalue weighted by atomic mass is 79.9. The third kappa shape index (κ3) is 4.01. The molecule has 0 aliphatic rings. The average Bonchev–Trinajstić information content (AvgIpc) is 2.53. The molecule has 0 atom stereocenters. The van der Waals surface area contributed by atoms with Crippen molar-refractivity contribution in [2.24, 2.45) is 0 Å². The van der Waals surface area contributed by atoms with Crippen molar-refractivity contribution in [2.45, 2.75) is 0 Å². The van der Waals surface area contributed by atoms with Gasteiger partial charge in [-0.15, -0.1) is 0 Å². The number of ether oxygens (including phenoxy) is 3. The molecule has 0 saturated carbocycles. The summed E-state index contributed by atoms with van der Waals surface area (Å²) in [6, 6.07) is 10.6. The summed E-state index contributed by atoms with van der Waals surface area (Å²) in [5.74, 6) is 1.49. The minimum Gasteiger partial charge on any atom is -0.497 e. The SMILES string of the molecule is COc1ccc(OC)c(C(=O)COc2ccc(Br)cc2Br)c1. The van der Waals surface area contributed by atoms with E-state index in [-0.39, 0.29) is 12.4 Å². The number of methoxy groups -OCH3 is 2. The third-order valence-electron chi connectivity index (χ3n) is 2.96. The molecule has 0 heterocycles. The van der Waals surface area contributed by atoms with Crippen molar-refractivity contribution in [1.82, 2.24) is 0 Å². The van der Waals surface area contributed by atoms with Crippen molar-refractivity contribution in [3.63, 3.8) is 0 Å². The summed E-state index contributed by atoms with van der Waals surface area (Å²) in [6.07, 6.45) is 0. The Kier molecular flexibility index (Phi) is 5.85. The summed E-state index contributed by atoms with van der Waals surface area (Å²) in [7, 11) is 3.07. The molecule has 0 radical (unpaired) electrons. The monoisotopic (exact) mass is 428 g/mol. The van der Waals surface area contributed by atoms with Crippen molar-refractivity contribution in [3.05, 3.63) is 50.9 Å². The number of ketones is 1. The molecule has 0 fully saturated rings. The van der Waals surface area contributed by atoms with Gasteiger partial charge in [0, 0.05) is 4.47 Å². The minimum absolute atomic E-state index is 0.0935. The minimum atomic E-state index is -0.189. The van der Waals surface area contributed by atoms with E-state index in [2.05, 4.69) is 31.9 Å². The van der Waals surface area contributed by atoms with E-state index in [1.54, 1.807) is 31.4 Å². The molecule has 6 heteroatoms.